The van der Waals surface area contributed by atoms with Gasteiger partial charge in [0.1, 0.15) is 28.4 Å². The number of anilines is 1. The summed E-state index contributed by atoms with van der Waals surface area (Å²) in [4.78, 5) is 3.87. The second-order valence-corrected chi connectivity index (χ2v) is 4.27. The van der Waals surface area contributed by atoms with Gasteiger partial charge in [0.25, 0.3) is 0 Å². The van der Waals surface area contributed by atoms with Crippen LogP contribution in [0.2, 0.25) is 5.15 Å². The highest BCUT2D eigenvalue weighted by Gasteiger charge is 2.22. The van der Waals surface area contributed by atoms with Crippen LogP contribution in [-0.2, 0) is 0 Å². The molecule has 1 aromatic carbocycles. The average Bonchev–Trinajstić information content (AvgIpc) is 2.80. The van der Waals surface area contributed by atoms with E-state index in [-0.39, 0.29) is 34.6 Å². The van der Waals surface area contributed by atoms with Crippen molar-refractivity contribution in [1.29, 1.82) is 0 Å². The van der Waals surface area contributed by atoms with E-state index in [0.29, 0.717) is 12.1 Å². The van der Waals surface area contributed by atoms with Crippen molar-refractivity contribution in [3.05, 3.63) is 40.9 Å². The summed E-state index contributed by atoms with van der Waals surface area (Å²) in [5, 5.41) is 6.95. The number of aromatic nitrogens is 4. The van der Waals surface area contributed by atoms with E-state index in [1.807, 2.05) is 0 Å². The molecule has 0 saturated heterocycles. The van der Waals surface area contributed by atoms with Crippen LogP contribution in [0.4, 0.5) is 19.0 Å². The van der Waals surface area contributed by atoms with Gasteiger partial charge in [-0.2, -0.15) is 4.52 Å². The first-order chi connectivity index (χ1) is 9.49. The average molecular weight is 336 g/mol. The molecule has 0 bridgehead atoms. The number of nitrogens with two attached hydrogens (primary N) is 1. The van der Waals surface area contributed by atoms with Crippen molar-refractivity contribution in [2.24, 2.45) is 0 Å². The van der Waals surface area contributed by atoms with Crippen LogP contribution in [0.5, 0.6) is 0 Å². The molecule has 2 N–H and O–H groups in total. The van der Waals surface area contributed by atoms with Gasteiger partial charge < -0.3 is 5.73 Å². The van der Waals surface area contributed by atoms with E-state index in [2.05, 4.69) is 15.3 Å². The number of nitrogen functional groups attached to an aromatic ring is 1. The fourth-order valence-electron chi connectivity index (χ4n) is 1.86. The monoisotopic (exact) mass is 335 g/mol. The fourth-order valence-corrected chi connectivity index (χ4v) is 2.14. The number of fused-ring (bicyclic) bond motifs is 1. The third kappa shape index (κ3) is 2.36. The smallest absolute Gasteiger partial charge is 0.179 e. The van der Waals surface area contributed by atoms with Crippen molar-refractivity contribution in [2.45, 2.75) is 0 Å². The molecule has 21 heavy (non-hydrogen) atoms. The first kappa shape index (κ1) is 15.3. The van der Waals surface area contributed by atoms with Crippen LogP contribution in [0.25, 0.3) is 16.8 Å². The van der Waals surface area contributed by atoms with Gasteiger partial charge in [-0.1, -0.05) is 16.8 Å². The number of hydrogen-bond acceptors (Lipinski definition) is 4. The third-order valence-electron chi connectivity index (χ3n) is 2.69. The van der Waals surface area contributed by atoms with Crippen LogP contribution in [0.1, 0.15) is 0 Å². The van der Waals surface area contributed by atoms with Gasteiger partial charge in [0.15, 0.2) is 5.65 Å². The Bertz CT molecular complexity index is 813. The molecule has 0 radical (unpaired) electrons. The Balaban J connectivity index is 0.00000161. The summed E-state index contributed by atoms with van der Waals surface area (Å²) in [7, 11) is 0. The lowest BCUT2D eigenvalue weighted by atomic mass is 10.1. The molecule has 10 heteroatoms. The predicted molar refractivity (Wildman–Crippen MR) is 72.8 cm³/mol. The van der Waals surface area contributed by atoms with Crippen molar-refractivity contribution < 1.29 is 13.2 Å². The van der Waals surface area contributed by atoms with E-state index in [1.54, 1.807) is 0 Å². The van der Waals surface area contributed by atoms with Crippen LogP contribution in [0, 0.1) is 17.5 Å². The van der Waals surface area contributed by atoms with Gasteiger partial charge in [-0.05, 0) is 0 Å². The number of benzene rings is 1. The molecule has 110 valence electrons. The SMILES string of the molecule is Cl.Nc1c(-c2c(F)cc(F)cc2F)c(Cl)nc2cnnn12. The minimum Gasteiger partial charge on any atom is -0.383 e. The summed E-state index contributed by atoms with van der Waals surface area (Å²) in [5.74, 6) is -3.48. The van der Waals surface area contributed by atoms with E-state index in [4.69, 9.17) is 17.3 Å². The number of rotatable bonds is 1. The predicted octanol–water partition coefficient (Wildman–Crippen LogP) is 2.87. The summed E-state index contributed by atoms with van der Waals surface area (Å²) >= 11 is 5.90. The van der Waals surface area contributed by atoms with E-state index < -0.39 is 23.0 Å². The minimum absolute atomic E-state index is 0. The zero-order valence-electron chi connectivity index (χ0n) is 10.0. The zero-order valence-corrected chi connectivity index (χ0v) is 11.6. The highest BCUT2D eigenvalue weighted by atomic mass is 35.5. The highest BCUT2D eigenvalue weighted by molar-refractivity contribution is 6.32. The summed E-state index contributed by atoms with van der Waals surface area (Å²) in [5.41, 5.74) is 5.22. The van der Waals surface area contributed by atoms with Crippen molar-refractivity contribution >= 4 is 35.5 Å². The van der Waals surface area contributed by atoms with Gasteiger partial charge in [0, 0.05) is 12.1 Å². The van der Waals surface area contributed by atoms with Gasteiger partial charge >= 0.3 is 0 Å². The van der Waals surface area contributed by atoms with Crippen LogP contribution in [-0.4, -0.2) is 19.8 Å². The number of halogens is 5. The topological polar surface area (TPSA) is 69.1 Å². The largest absolute Gasteiger partial charge is 0.383 e. The molecule has 0 saturated carbocycles. The Hall–Kier alpha value is -2.06. The van der Waals surface area contributed by atoms with Gasteiger partial charge in [-0.3, -0.25) is 0 Å². The molecule has 0 amide bonds. The molecule has 3 aromatic rings. The maximum absolute atomic E-state index is 13.8. The van der Waals surface area contributed by atoms with E-state index in [1.165, 1.54) is 6.20 Å². The minimum atomic E-state index is -1.14. The van der Waals surface area contributed by atoms with Crippen LogP contribution in [0.3, 0.4) is 0 Å². The number of hydrogen-bond donors (Lipinski definition) is 1. The molecule has 2 heterocycles. The van der Waals surface area contributed by atoms with Crippen molar-refractivity contribution in [3.63, 3.8) is 0 Å². The first-order valence-corrected chi connectivity index (χ1v) is 5.67. The fraction of sp³-hybridized carbons (Fsp3) is 0. The van der Waals surface area contributed by atoms with Gasteiger partial charge in [0.05, 0.1) is 17.3 Å². The molecule has 0 spiro atoms. The second kappa shape index (κ2) is 5.38. The van der Waals surface area contributed by atoms with E-state index >= 15 is 0 Å². The van der Waals surface area contributed by atoms with Crippen LogP contribution in [0.15, 0.2) is 18.3 Å². The molecule has 0 atom stereocenters. The van der Waals surface area contributed by atoms with Crippen molar-refractivity contribution in [1.82, 2.24) is 19.8 Å². The van der Waals surface area contributed by atoms with E-state index in [0.717, 1.165) is 4.52 Å². The molecule has 0 unspecified atom stereocenters. The lowest BCUT2D eigenvalue weighted by Crippen LogP contribution is -2.06. The Kier molecular flexibility index (Phi) is 3.93. The molecule has 0 aliphatic rings. The lowest BCUT2D eigenvalue weighted by Gasteiger charge is -2.10. The van der Waals surface area contributed by atoms with Crippen LogP contribution < -0.4 is 5.73 Å². The Morgan fingerprint density at radius 1 is 1.10 bits per heavy atom. The quantitative estimate of drug-likeness (QED) is 0.694. The van der Waals surface area contributed by atoms with Crippen molar-refractivity contribution in [2.75, 3.05) is 5.73 Å². The molecule has 2 aromatic heterocycles. The summed E-state index contributed by atoms with van der Waals surface area (Å²) in [6, 6.07) is 1.05. The van der Waals surface area contributed by atoms with Crippen LogP contribution >= 0.6 is 24.0 Å². The second-order valence-electron chi connectivity index (χ2n) is 3.91. The van der Waals surface area contributed by atoms with Gasteiger partial charge in [-0.15, -0.1) is 17.5 Å². The van der Waals surface area contributed by atoms with Crippen molar-refractivity contribution in [3.8, 4) is 11.1 Å². The summed E-state index contributed by atoms with van der Waals surface area (Å²) < 4.78 is 41.6. The molecule has 0 fully saturated rings. The first-order valence-electron chi connectivity index (χ1n) is 5.29. The highest BCUT2D eigenvalue weighted by Crippen LogP contribution is 2.36. The van der Waals surface area contributed by atoms with Gasteiger partial charge in [0.2, 0.25) is 0 Å². The third-order valence-corrected chi connectivity index (χ3v) is 2.97. The lowest BCUT2D eigenvalue weighted by molar-refractivity contribution is 0.548. The molecule has 5 nitrogen and oxygen atoms in total. The van der Waals surface area contributed by atoms with E-state index in [9.17, 15) is 13.2 Å². The molecule has 0 aliphatic heterocycles. The Labute approximate surface area is 126 Å². The maximum atomic E-state index is 13.8. The Morgan fingerprint density at radius 2 is 1.71 bits per heavy atom. The standard InChI is InChI=1S/C11H5ClF3N5.ClH/c12-10-9(8-5(14)1-4(13)2-6(8)15)11(16)20-7(18-10)3-17-19-20;/h1-3H,16H2;1H. The summed E-state index contributed by atoms with van der Waals surface area (Å²) in [6.07, 6.45) is 1.28. The summed E-state index contributed by atoms with van der Waals surface area (Å²) in [6.45, 7) is 0. The molecular formula is C11H6Cl2F3N5. The normalized spacial score (nSPS) is 10.7. The Morgan fingerprint density at radius 3 is 2.33 bits per heavy atom. The van der Waals surface area contributed by atoms with Gasteiger partial charge in [-0.25, -0.2) is 18.2 Å². The number of nitrogens with zero attached hydrogens (tertiary/aromatic N) is 4. The molecular weight excluding hydrogens is 330 g/mol. The molecule has 0 aliphatic carbocycles. The zero-order chi connectivity index (χ0) is 14.4. The maximum Gasteiger partial charge on any atom is 0.179 e. The molecule has 3 rings (SSSR count).